The van der Waals surface area contributed by atoms with Crippen molar-refractivity contribution in [1.82, 2.24) is 0 Å². The van der Waals surface area contributed by atoms with Crippen LogP contribution in [0.2, 0.25) is 0 Å². The van der Waals surface area contributed by atoms with E-state index < -0.39 is 0 Å². The van der Waals surface area contributed by atoms with Gasteiger partial charge in [-0.05, 0) is 13.3 Å². The van der Waals surface area contributed by atoms with Gasteiger partial charge in [0.15, 0.2) is 0 Å². The molecule has 1 unspecified atom stereocenters. The van der Waals surface area contributed by atoms with Gasteiger partial charge in [0.25, 0.3) is 0 Å². The number of rotatable bonds is 8. The summed E-state index contributed by atoms with van der Waals surface area (Å²) < 4.78 is 0. The van der Waals surface area contributed by atoms with Crippen LogP contribution in [0, 0.1) is 6.92 Å². The van der Waals surface area contributed by atoms with Gasteiger partial charge in [-0.3, -0.25) is 0 Å². The Hall–Kier alpha value is -0.300. The van der Waals surface area contributed by atoms with Crippen LogP contribution >= 0.6 is 0 Å². The largest absolute Gasteiger partial charge is 0.389 e. The molecule has 13 heavy (non-hydrogen) atoms. The molecule has 1 atom stereocenters. The quantitative estimate of drug-likeness (QED) is 0.451. The smallest absolute Gasteiger partial charge is 0.0720 e. The molecule has 0 saturated heterocycles. The lowest BCUT2D eigenvalue weighted by molar-refractivity contribution is 0.208. The van der Waals surface area contributed by atoms with Crippen molar-refractivity contribution in [2.45, 2.75) is 58.0 Å². The monoisotopic (exact) mass is 183 g/mol. The standard InChI is InChI=1S/C12H23O/c1-3-5-6-7-8-9-11-12(13)10-4-2/h4,10,12-13H,1,3,5-9,11H2,2H3/b10-4+. The fourth-order valence-electron chi connectivity index (χ4n) is 1.38. The number of allylic oxidation sites excluding steroid dienone is 1. The summed E-state index contributed by atoms with van der Waals surface area (Å²) in [6, 6.07) is 0. The molecule has 0 saturated carbocycles. The molecule has 0 aliphatic rings. The molecular formula is C12H23O. The molecule has 0 rings (SSSR count). The lowest BCUT2D eigenvalue weighted by Crippen LogP contribution is -2.00. The maximum atomic E-state index is 9.36. The number of aliphatic hydroxyl groups is 1. The van der Waals surface area contributed by atoms with Gasteiger partial charge in [0.1, 0.15) is 0 Å². The highest BCUT2D eigenvalue weighted by Crippen LogP contribution is 2.08. The van der Waals surface area contributed by atoms with E-state index in [1.807, 2.05) is 19.1 Å². The van der Waals surface area contributed by atoms with Crippen LogP contribution in [0.25, 0.3) is 0 Å². The van der Waals surface area contributed by atoms with Crippen LogP contribution in [-0.4, -0.2) is 11.2 Å². The maximum absolute atomic E-state index is 9.36. The Balaban J connectivity index is 3.06. The van der Waals surface area contributed by atoms with Crippen LogP contribution in [0.15, 0.2) is 12.2 Å². The van der Waals surface area contributed by atoms with Crippen LogP contribution in [-0.2, 0) is 0 Å². The lowest BCUT2D eigenvalue weighted by atomic mass is 10.1. The molecule has 1 N–H and O–H groups in total. The summed E-state index contributed by atoms with van der Waals surface area (Å²) >= 11 is 0. The third kappa shape index (κ3) is 9.62. The summed E-state index contributed by atoms with van der Waals surface area (Å²) in [4.78, 5) is 0. The van der Waals surface area contributed by atoms with Crippen LogP contribution in [0.3, 0.4) is 0 Å². The number of hydrogen-bond donors (Lipinski definition) is 1. The van der Waals surface area contributed by atoms with Crippen molar-refractivity contribution in [3.63, 3.8) is 0 Å². The highest BCUT2D eigenvalue weighted by molar-refractivity contribution is 4.84. The Kier molecular flexibility index (Phi) is 9.56. The molecule has 0 aromatic carbocycles. The number of unbranched alkanes of at least 4 members (excludes halogenated alkanes) is 5. The minimum absolute atomic E-state index is 0.224. The minimum Gasteiger partial charge on any atom is -0.389 e. The van der Waals surface area contributed by atoms with Crippen molar-refractivity contribution < 1.29 is 5.11 Å². The van der Waals surface area contributed by atoms with Gasteiger partial charge in [0.2, 0.25) is 0 Å². The molecule has 0 heterocycles. The molecule has 0 amide bonds. The Morgan fingerprint density at radius 2 is 1.77 bits per heavy atom. The van der Waals surface area contributed by atoms with Gasteiger partial charge >= 0.3 is 0 Å². The molecule has 0 bridgehead atoms. The highest BCUT2D eigenvalue weighted by Gasteiger charge is 1.97. The van der Waals surface area contributed by atoms with Crippen molar-refractivity contribution in [3.8, 4) is 0 Å². The third-order valence-corrected chi connectivity index (χ3v) is 2.16. The van der Waals surface area contributed by atoms with Gasteiger partial charge in [-0.1, -0.05) is 57.6 Å². The van der Waals surface area contributed by atoms with Crippen LogP contribution in [0.5, 0.6) is 0 Å². The van der Waals surface area contributed by atoms with Gasteiger partial charge in [0, 0.05) is 0 Å². The molecule has 1 heteroatoms. The molecule has 0 aromatic heterocycles. The number of aliphatic hydroxyl groups excluding tert-OH is 1. The van der Waals surface area contributed by atoms with E-state index >= 15 is 0 Å². The first-order valence-corrected chi connectivity index (χ1v) is 5.41. The molecule has 0 aromatic rings. The second kappa shape index (κ2) is 9.79. The molecular weight excluding hydrogens is 160 g/mol. The average Bonchev–Trinajstić information content (AvgIpc) is 2.11. The predicted molar refractivity (Wildman–Crippen MR) is 58.5 cm³/mol. The summed E-state index contributed by atoms with van der Waals surface area (Å²) in [5.41, 5.74) is 0. The van der Waals surface area contributed by atoms with E-state index in [4.69, 9.17) is 0 Å². The lowest BCUT2D eigenvalue weighted by Gasteiger charge is -2.04. The zero-order valence-corrected chi connectivity index (χ0v) is 8.84. The van der Waals surface area contributed by atoms with Crippen molar-refractivity contribution >= 4 is 0 Å². The first-order valence-electron chi connectivity index (χ1n) is 5.41. The SMILES string of the molecule is [CH2]CCCCCCCC(O)/C=C/C. The fourth-order valence-corrected chi connectivity index (χ4v) is 1.38. The van der Waals surface area contributed by atoms with E-state index in [9.17, 15) is 5.11 Å². The van der Waals surface area contributed by atoms with Crippen molar-refractivity contribution in [2.24, 2.45) is 0 Å². The topological polar surface area (TPSA) is 20.2 Å². The van der Waals surface area contributed by atoms with E-state index in [0.717, 1.165) is 19.3 Å². The van der Waals surface area contributed by atoms with Crippen LogP contribution < -0.4 is 0 Å². The summed E-state index contributed by atoms with van der Waals surface area (Å²) in [5, 5.41) is 9.36. The fraction of sp³-hybridized carbons (Fsp3) is 0.750. The molecule has 0 spiro atoms. The van der Waals surface area contributed by atoms with E-state index in [-0.39, 0.29) is 6.10 Å². The van der Waals surface area contributed by atoms with Gasteiger partial charge in [-0.15, -0.1) is 0 Å². The Morgan fingerprint density at radius 1 is 1.15 bits per heavy atom. The first kappa shape index (κ1) is 12.7. The Labute approximate surface area is 82.9 Å². The zero-order chi connectivity index (χ0) is 9.94. The average molecular weight is 183 g/mol. The van der Waals surface area contributed by atoms with Gasteiger partial charge in [0.05, 0.1) is 6.10 Å². The van der Waals surface area contributed by atoms with Crippen molar-refractivity contribution in [3.05, 3.63) is 19.1 Å². The summed E-state index contributed by atoms with van der Waals surface area (Å²) in [5.74, 6) is 0. The Morgan fingerprint density at radius 3 is 2.38 bits per heavy atom. The van der Waals surface area contributed by atoms with Crippen LogP contribution in [0.1, 0.15) is 51.9 Å². The van der Waals surface area contributed by atoms with Crippen molar-refractivity contribution in [1.29, 1.82) is 0 Å². The van der Waals surface area contributed by atoms with Gasteiger partial charge < -0.3 is 5.11 Å². The third-order valence-electron chi connectivity index (χ3n) is 2.16. The molecule has 0 aliphatic carbocycles. The van der Waals surface area contributed by atoms with E-state index in [1.54, 1.807) is 0 Å². The molecule has 1 nitrogen and oxygen atoms in total. The van der Waals surface area contributed by atoms with E-state index in [1.165, 1.54) is 25.7 Å². The normalized spacial score (nSPS) is 13.8. The van der Waals surface area contributed by atoms with Gasteiger partial charge in [-0.2, -0.15) is 0 Å². The van der Waals surface area contributed by atoms with Crippen LogP contribution in [0.4, 0.5) is 0 Å². The minimum atomic E-state index is -0.224. The summed E-state index contributed by atoms with van der Waals surface area (Å²) in [7, 11) is 0. The predicted octanol–water partition coefficient (Wildman–Crippen LogP) is 3.49. The first-order chi connectivity index (χ1) is 6.31. The number of hydrogen-bond acceptors (Lipinski definition) is 1. The molecule has 77 valence electrons. The molecule has 0 aliphatic heterocycles. The highest BCUT2D eigenvalue weighted by atomic mass is 16.3. The summed E-state index contributed by atoms with van der Waals surface area (Å²) in [6.45, 7) is 5.75. The summed E-state index contributed by atoms with van der Waals surface area (Å²) in [6.07, 6.45) is 11.7. The molecule has 1 radical (unpaired) electrons. The van der Waals surface area contributed by atoms with E-state index in [2.05, 4.69) is 6.92 Å². The maximum Gasteiger partial charge on any atom is 0.0720 e. The zero-order valence-electron chi connectivity index (χ0n) is 8.84. The second-order valence-electron chi connectivity index (χ2n) is 3.50. The van der Waals surface area contributed by atoms with Gasteiger partial charge in [-0.25, -0.2) is 0 Å². The second-order valence-corrected chi connectivity index (χ2v) is 3.50. The Bertz CT molecular complexity index is 118. The van der Waals surface area contributed by atoms with E-state index in [0.29, 0.717) is 0 Å². The van der Waals surface area contributed by atoms with Crippen molar-refractivity contribution in [2.75, 3.05) is 0 Å². The molecule has 0 fully saturated rings.